The molecule has 0 saturated carbocycles. The van der Waals surface area contributed by atoms with Gasteiger partial charge in [0.1, 0.15) is 11.5 Å². The average molecular weight is 766 g/mol. The predicted molar refractivity (Wildman–Crippen MR) is 242 cm³/mol. The number of benzene rings is 9. The van der Waals surface area contributed by atoms with Crippen molar-refractivity contribution >= 4 is 10.8 Å². The molecular formula is C56H35N3O. The van der Waals surface area contributed by atoms with E-state index in [1.807, 2.05) is 60.7 Å². The van der Waals surface area contributed by atoms with Gasteiger partial charge in [0.25, 0.3) is 0 Å². The number of hydrogen-bond donors (Lipinski definition) is 0. The second-order valence-corrected chi connectivity index (χ2v) is 15.5. The Hall–Kier alpha value is -7.95. The molecule has 0 saturated heterocycles. The van der Waals surface area contributed by atoms with E-state index >= 15 is 0 Å². The molecule has 2 aliphatic rings. The standard InChI is InChI=1S/C56H35N3O/c1-3-15-38(16-4-1)53-57-54(39-17-5-2-6-18-39)59-55(58-53)40-28-26-36(27-29-40)41-19-13-20-42(34-41)43-31-33-51-49(35-43)56(48-24-11-12-25-50(48)60-51)47-23-10-9-22-45(47)46-32-30-37-14-7-8-21-44(37)52(46)56/h1-35H. The van der Waals surface area contributed by atoms with Gasteiger partial charge in [-0.2, -0.15) is 0 Å². The van der Waals surface area contributed by atoms with Gasteiger partial charge in [0.05, 0.1) is 5.41 Å². The lowest BCUT2D eigenvalue weighted by Gasteiger charge is -2.40. The van der Waals surface area contributed by atoms with Crippen LogP contribution in [0.4, 0.5) is 0 Å². The third-order valence-electron chi connectivity index (χ3n) is 12.2. The molecule has 0 N–H and O–H groups in total. The number of nitrogens with zero attached hydrogens (tertiary/aromatic N) is 3. The molecule has 9 aromatic carbocycles. The summed E-state index contributed by atoms with van der Waals surface area (Å²) in [4.78, 5) is 14.8. The molecule has 2 heterocycles. The fraction of sp³-hybridized carbons (Fsp3) is 0.0179. The first-order valence-corrected chi connectivity index (χ1v) is 20.3. The van der Waals surface area contributed by atoms with Crippen molar-refractivity contribution in [3.63, 3.8) is 0 Å². The summed E-state index contributed by atoms with van der Waals surface area (Å²) < 4.78 is 6.79. The summed E-state index contributed by atoms with van der Waals surface area (Å²) in [5.74, 6) is 3.70. The SMILES string of the molecule is c1ccc(-c2nc(-c3ccccc3)nc(-c3ccc(-c4cccc(-c5ccc6c(c5)C5(c7ccccc7O6)c6ccccc6-c6ccc7ccccc7c65)c4)cc3)n2)cc1. The topological polar surface area (TPSA) is 47.9 Å². The van der Waals surface area contributed by atoms with Gasteiger partial charge in [-0.25, -0.2) is 15.0 Å². The lowest BCUT2D eigenvalue weighted by atomic mass is 9.65. The summed E-state index contributed by atoms with van der Waals surface area (Å²) in [5, 5.41) is 2.49. The molecule has 0 amide bonds. The Morgan fingerprint density at radius 3 is 1.57 bits per heavy atom. The van der Waals surface area contributed by atoms with Crippen LogP contribution < -0.4 is 4.74 Å². The van der Waals surface area contributed by atoms with Gasteiger partial charge >= 0.3 is 0 Å². The van der Waals surface area contributed by atoms with Crippen molar-refractivity contribution < 1.29 is 4.74 Å². The summed E-state index contributed by atoms with van der Waals surface area (Å²) in [6.07, 6.45) is 0. The average Bonchev–Trinajstić information content (AvgIpc) is 3.63. The molecule has 1 spiro atoms. The summed E-state index contributed by atoms with van der Waals surface area (Å²) in [6.45, 7) is 0. The molecule has 10 aromatic rings. The maximum absolute atomic E-state index is 6.79. The van der Waals surface area contributed by atoms with Crippen LogP contribution in [0.25, 0.3) is 78.3 Å². The van der Waals surface area contributed by atoms with Crippen LogP contribution in [0, 0.1) is 0 Å². The Morgan fingerprint density at radius 1 is 0.317 bits per heavy atom. The van der Waals surface area contributed by atoms with Crippen molar-refractivity contribution in [1.82, 2.24) is 15.0 Å². The third-order valence-corrected chi connectivity index (χ3v) is 12.2. The molecular weight excluding hydrogens is 731 g/mol. The predicted octanol–water partition coefficient (Wildman–Crippen LogP) is 13.8. The first kappa shape index (κ1) is 34.1. The van der Waals surface area contributed by atoms with Gasteiger partial charge in [-0.3, -0.25) is 0 Å². The fourth-order valence-corrected chi connectivity index (χ4v) is 9.49. The Morgan fingerprint density at radius 2 is 0.833 bits per heavy atom. The molecule has 1 atom stereocenters. The highest BCUT2D eigenvalue weighted by molar-refractivity contribution is 6.01. The van der Waals surface area contributed by atoms with E-state index in [9.17, 15) is 0 Å². The van der Waals surface area contributed by atoms with E-state index in [-0.39, 0.29) is 0 Å². The lowest BCUT2D eigenvalue weighted by molar-refractivity contribution is 0.437. The highest BCUT2D eigenvalue weighted by Gasteiger charge is 2.52. The van der Waals surface area contributed by atoms with E-state index in [0.717, 1.165) is 61.6 Å². The molecule has 280 valence electrons. The largest absolute Gasteiger partial charge is 0.457 e. The fourth-order valence-electron chi connectivity index (χ4n) is 9.49. The zero-order valence-corrected chi connectivity index (χ0v) is 32.5. The minimum atomic E-state index is -0.573. The molecule has 1 aliphatic heterocycles. The van der Waals surface area contributed by atoms with Crippen LogP contribution in [0.1, 0.15) is 22.3 Å². The van der Waals surface area contributed by atoms with Crippen molar-refractivity contribution in [2.45, 2.75) is 5.41 Å². The molecule has 4 heteroatoms. The number of rotatable bonds is 5. The monoisotopic (exact) mass is 765 g/mol. The van der Waals surface area contributed by atoms with Crippen molar-refractivity contribution in [2.75, 3.05) is 0 Å². The first-order valence-electron chi connectivity index (χ1n) is 20.3. The minimum absolute atomic E-state index is 0.573. The summed E-state index contributed by atoms with van der Waals surface area (Å²) >= 11 is 0. The number of hydrogen-bond acceptors (Lipinski definition) is 4. The van der Waals surface area contributed by atoms with Gasteiger partial charge in [0.2, 0.25) is 0 Å². The van der Waals surface area contributed by atoms with E-state index < -0.39 is 5.41 Å². The molecule has 0 fully saturated rings. The van der Waals surface area contributed by atoms with Crippen LogP contribution >= 0.6 is 0 Å². The molecule has 60 heavy (non-hydrogen) atoms. The smallest absolute Gasteiger partial charge is 0.164 e. The van der Waals surface area contributed by atoms with E-state index in [0.29, 0.717) is 17.5 Å². The second kappa shape index (κ2) is 13.6. The van der Waals surface area contributed by atoms with Crippen LogP contribution in [-0.4, -0.2) is 15.0 Å². The van der Waals surface area contributed by atoms with E-state index in [4.69, 9.17) is 19.7 Å². The zero-order valence-electron chi connectivity index (χ0n) is 32.5. The van der Waals surface area contributed by atoms with Crippen LogP contribution in [0.3, 0.4) is 0 Å². The highest BCUT2D eigenvalue weighted by Crippen LogP contribution is 2.63. The van der Waals surface area contributed by atoms with Gasteiger partial charge in [-0.15, -0.1) is 0 Å². The van der Waals surface area contributed by atoms with Gasteiger partial charge in [-0.05, 0) is 79.5 Å². The number of para-hydroxylation sites is 1. The van der Waals surface area contributed by atoms with Crippen molar-refractivity contribution in [3.8, 4) is 79.0 Å². The van der Waals surface area contributed by atoms with Gasteiger partial charge in [-0.1, -0.05) is 188 Å². The second-order valence-electron chi connectivity index (χ2n) is 15.5. The normalized spacial score (nSPS) is 14.5. The number of ether oxygens (including phenoxy) is 1. The minimum Gasteiger partial charge on any atom is -0.457 e. The maximum Gasteiger partial charge on any atom is 0.164 e. The zero-order chi connectivity index (χ0) is 39.6. The molecule has 1 aliphatic carbocycles. The Labute approximate surface area is 348 Å². The summed E-state index contributed by atoms with van der Waals surface area (Å²) in [5.41, 5.74) is 14.2. The van der Waals surface area contributed by atoms with Crippen LogP contribution in [0.2, 0.25) is 0 Å². The molecule has 1 aromatic heterocycles. The third kappa shape index (κ3) is 5.28. The molecule has 0 bridgehead atoms. The summed E-state index contributed by atoms with van der Waals surface area (Å²) in [7, 11) is 0. The van der Waals surface area contributed by atoms with E-state index in [2.05, 4.69) is 152 Å². The summed E-state index contributed by atoms with van der Waals surface area (Å²) in [6, 6.07) is 75.1. The Balaban J connectivity index is 0.966. The van der Waals surface area contributed by atoms with Crippen molar-refractivity contribution in [3.05, 3.63) is 235 Å². The highest BCUT2D eigenvalue weighted by atomic mass is 16.5. The first-order chi connectivity index (χ1) is 29.7. The molecule has 4 nitrogen and oxygen atoms in total. The Kier molecular flexibility index (Phi) is 7.72. The van der Waals surface area contributed by atoms with E-state index in [1.165, 1.54) is 33.0 Å². The number of aromatic nitrogens is 3. The lowest BCUT2D eigenvalue weighted by Crippen LogP contribution is -2.32. The van der Waals surface area contributed by atoms with Crippen molar-refractivity contribution in [1.29, 1.82) is 0 Å². The van der Waals surface area contributed by atoms with Gasteiger partial charge in [0, 0.05) is 27.8 Å². The maximum atomic E-state index is 6.79. The van der Waals surface area contributed by atoms with Gasteiger partial charge < -0.3 is 4.74 Å². The van der Waals surface area contributed by atoms with Crippen molar-refractivity contribution in [2.24, 2.45) is 0 Å². The Bertz CT molecular complexity index is 3230. The van der Waals surface area contributed by atoms with E-state index in [1.54, 1.807) is 0 Å². The van der Waals surface area contributed by atoms with Crippen LogP contribution in [0.15, 0.2) is 212 Å². The molecule has 12 rings (SSSR count). The van der Waals surface area contributed by atoms with Crippen LogP contribution in [0.5, 0.6) is 11.5 Å². The molecule has 0 radical (unpaired) electrons. The molecule has 1 unspecified atom stereocenters. The number of fused-ring (bicyclic) bond motifs is 11. The van der Waals surface area contributed by atoms with Crippen LogP contribution in [-0.2, 0) is 5.41 Å². The quantitative estimate of drug-likeness (QED) is 0.175. The van der Waals surface area contributed by atoms with Gasteiger partial charge in [0.15, 0.2) is 17.5 Å².